The summed E-state index contributed by atoms with van der Waals surface area (Å²) in [6, 6.07) is 14.2. The lowest BCUT2D eigenvalue weighted by atomic mass is 9.99. The monoisotopic (exact) mass is 273 g/mol. The number of hydrogen-bond acceptors (Lipinski definition) is 2. The highest BCUT2D eigenvalue weighted by molar-refractivity contribution is 5.32. The van der Waals surface area contributed by atoms with E-state index in [0.29, 0.717) is 12.0 Å². The molecule has 0 spiro atoms. The molecule has 0 aliphatic carbocycles. The molecule has 106 valence electrons. The van der Waals surface area contributed by atoms with Crippen molar-refractivity contribution in [1.29, 1.82) is 0 Å². The first-order chi connectivity index (χ1) is 9.56. The van der Waals surface area contributed by atoms with E-state index in [1.165, 1.54) is 6.07 Å². The number of ether oxygens (including phenoxy) is 1. The molecule has 0 bridgehead atoms. The molecule has 0 aromatic heterocycles. The topological polar surface area (TPSA) is 35.2 Å². The van der Waals surface area contributed by atoms with E-state index < -0.39 is 0 Å². The van der Waals surface area contributed by atoms with Crippen LogP contribution >= 0.6 is 0 Å². The van der Waals surface area contributed by atoms with Crippen LogP contribution in [0.15, 0.2) is 48.5 Å². The fraction of sp³-hybridized carbons (Fsp3) is 0.294. The van der Waals surface area contributed by atoms with Crippen molar-refractivity contribution in [3.05, 3.63) is 65.5 Å². The number of benzene rings is 2. The Bertz CT molecular complexity index is 568. The molecule has 0 aliphatic heterocycles. The highest BCUT2D eigenvalue weighted by Crippen LogP contribution is 2.22. The molecule has 0 amide bonds. The molecule has 3 heteroatoms. The Labute approximate surface area is 119 Å². The van der Waals surface area contributed by atoms with Crippen molar-refractivity contribution in [2.45, 2.75) is 32.4 Å². The second-order valence-electron chi connectivity index (χ2n) is 5.14. The molecule has 1 unspecified atom stereocenters. The first-order valence-corrected chi connectivity index (χ1v) is 6.82. The van der Waals surface area contributed by atoms with Gasteiger partial charge in [-0.1, -0.05) is 30.3 Å². The fourth-order valence-corrected chi connectivity index (χ4v) is 2.11. The van der Waals surface area contributed by atoms with E-state index in [-0.39, 0.29) is 18.0 Å². The standard InChI is InChI=1S/C17H20FNO/c1-12(2)20-15-8-5-7-14(10-15)17(19)11-13-6-3-4-9-16(13)18/h3-10,12,17H,11,19H2,1-2H3. The van der Waals surface area contributed by atoms with Gasteiger partial charge in [-0.05, 0) is 49.6 Å². The summed E-state index contributed by atoms with van der Waals surface area (Å²) in [5.74, 6) is 0.582. The van der Waals surface area contributed by atoms with Crippen LogP contribution in [0.4, 0.5) is 4.39 Å². The molecule has 0 saturated carbocycles. The smallest absolute Gasteiger partial charge is 0.126 e. The maximum absolute atomic E-state index is 13.6. The zero-order chi connectivity index (χ0) is 14.5. The molecule has 2 N–H and O–H groups in total. The zero-order valence-electron chi connectivity index (χ0n) is 11.8. The summed E-state index contributed by atoms with van der Waals surface area (Å²) in [6.07, 6.45) is 0.589. The number of hydrogen-bond donors (Lipinski definition) is 1. The summed E-state index contributed by atoms with van der Waals surface area (Å²) in [4.78, 5) is 0. The third-order valence-corrected chi connectivity index (χ3v) is 3.06. The molecule has 0 aliphatic rings. The van der Waals surface area contributed by atoms with Gasteiger partial charge in [-0.25, -0.2) is 4.39 Å². The van der Waals surface area contributed by atoms with Crippen molar-refractivity contribution in [3.63, 3.8) is 0 Å². The van der Waals surface area contributed by atoms with Crippen LogP contribution in [-0.2, 0) is 6.42 Å². The lowest BCUT2D eigenvalue weighted by molar-refractivity contribution is 0.242. The van der Waals surface area contributed by atoms with Crippen LogP contribution in [0, 0.1) is 5.82 Å². The fourth-order valence-electron chi connectivity index (χ4n) is 2.11. The van der Waals surface area contributed by atoms with Crippen LogP contribution in [-0.4, -0.2) is 6.10 Å². The van der Waals surface area contributed by atoms with E-state index >= 15 is 0 Å². The van der Waals surface area contributed by atoms with Gasteiger partial charge in [0.2, 0.25) is 0 Å². The van der Waals surface area contributed by atoms with Crippen molar-refractivity contribution in [2.24, 2.45) is 5.73 Å². The zero-order valence-corrected chi connectivity index (χ0v) is 11.8. The number of halogens is 1. The maximum atomic E-state index is 13.6. The number of nitrogens with two attached hydrogens (primary N) is 1. The Morgan fingerprint density at radius 2 is 1.85 bits per heavy atom. The molecule has 2 nitrogen and oxygen atoms in total. The number of rotatable bonds is 5. The lowest BCUT2D eigenvalue weighted by Crippen LogP contribution is -2.14. The molecule has 1 atom stereocenters. The van der Waals surface area contributed by atoms with Crippen molar-refractivity contribution in [1.82, 2.24) is 0 Å². The highest BCUT2D eigenvalue weighted by atomic mass is 19.1. The van der Waals surface area contributed by atoms with Gasteiger partial charge in [0.25, 0.3) is 0 Å². The van der Waals surface area contributed by atoms with Gasteiger partial charge in [0.05, 0.1) is 6.10 Å². The van der Waals surface area contributed by atoms with Gasteiger partial charge in [-0.2, -0.15) is 0 Å². The molecular formula is C17H20FNO. The van der Waals surface area contributed by atoms with E-state index in [2.05, 4.69) is 0 Å². The molecule has 0 fully saturated rings. The highest BCUT2D eigenvalue weighted by Gasteiger charge is 2.11. The Morgan fingerprint density at radius 1 is 1.10 bits per heavy atom. The van der Waals surface area contributed by atoms with Crippen LogP contribution in [0.25, 0.3) is 0 Å². The van der Waals surface area contributed by atoms with Crippen LogP contribution in [0.5, 0.6) is 5.75 Å². The Hall–Kier alpha value is -1.87. The first-order valence-electron chi connectivity index (χ1n) is 6.82. The maximum Gasteiger partial charge on any atom is 0.126 e. The molecule has 2 rings (SSSR count). The van der Waals surface area contributed by atoms with Crippen molar-refractivity contribution < 1.29 is 9.13 Å². The summed E-state index contributed by atoms with van der Waals surface area (Å²) in [5.41, 5.74) is 7.76. The van der Waals surface area contributed by atoms with Crippen molar-refractivity contribution in [2.75, 3.05) is 0 Å². The second kappa shape index (κ2) is 6.53. The van der Waals surface area contributed by atoms with E-state index in [1.54, 1.807) is 12.1 Å². The van der Waals surface area contributed by atoms with Crippen LogP contribution in [0.1, 0.15) is 31.0 Å². The predicted octanol–water partition coefficient (Wildman–Crippen LogP) is 3.86. The molecule has 0 saturated heterocycles. The quantitative estimate of drug-likeness (QED) is 0.898. The molecule has 0 heterocycles. The minimum absolute atomic E-state index is 0.119. The predicted molar refractivity (Wildman–Crippen MR) is 79.2 cm³/mol. The average molecular weight is 273 g/mol. The third kappa shape index (κ3) is 3.81. The van der Waals surface area contributed by atoms with Gasteiger partial charge in [-0.3, -0.25) is 0 Å². The lowest BCUT2D eigenvalue weighted by Gasteiger charge is -2.15. The van der Waals surface area contributed by atoms with Gasteiger partial charge in [0.15, 0.2) is 0 Å². The van der Waals surface area contributed by atoms with Gasteiger partial charge in [0.1, 0.15) is 11.6 Å². The molecule has 2 aromatic carbocycles. The summed E-state index contributed by atoms with van der Waals surface area (Å²) < 4.78 is 19.3. The van der Waals surface area contributed by atoms with Gasteiger partial charge >= 0.3 is 0 Å². The van der Waals surface area contributed by atoms with E-state index in [0.717, 1.165) is 11.3 Å². The van der Waals surface area contributed by atoms with E-state index in [4.69, 9.17) is 10.5 Å². The summed E-state index contributed by atoms with van der Waals surface area (Å²) in [5, 5.41) is 0. The summed E-state index contributed by atoms with van der Waals surface area (Å²) >= 11 is 0. The minimum atomic E-state index is -0.248. The Balaban J connectivity index is 2.13. The molecule has 0 radical (unpaired) electrons. The third-order valence-electron chi connectivity index (χ3n) is 3.06. The van der Waals surface area contributed by atoms with Crippen molar-refractivity contribution >= 4 is 0 Å². The second-order valence-corrected chi connectivity index (χ2v) is 5.14. The van der Waals surface area contributed by atoms with E-state index in [1.807, 2.05) is 44.2 Å². The normalized spacial score (nSPS) is 12.4. The molecular weight excluding hydrogens is 253 g/mol. The first kappa shape index (κ1) is 14.5. The largest absolute Gasteiger partial charge is 0.491 e. The van der Waals surface area contributed by atoms with Gasteiger partial charge < -0.3 is 10.5 Å². The average Bonchev–Trinajstić information content (AvgIpc) is 2.41. The van der Waals surface area contributed by atoms with Crippen LogP contribution < -0.4 is 10.5 Å². The van der Waals surface area contributed by atoms with Gasteiger partial charge in [0, 0.05) is 6.04 Å². The van der Waals surface area contributed by atoms with Gasteiger partial charge in [-0.15, -0.1) is 0 Å². The molecule has 2 aromatic rings. The molecule has 20 heavy (non-hydrogen) atoms. The SMILES string of the molecule is CC(C)Oc1cccc(C(N)Cc2ccccc2F)c1. The minimum Gasteiger partial charge on any atom is -0.491 e. The summed E-state index contributed by atoms with van der Waals surface area (Å²) in [7, 11) is 0. The van der Waals surface area contributed by atoms with Crippen LogP contribution in [0.3, 0.4) is 0 Å². The Kier molecular flexibility index (Phi) is 4.74. The summed E-state index contributed by atoms with van der Waals surface area (Å²) in [6.45, 7) is 3.96. The van der Waals surface area contributed by atoms with E-state index in [9.17, 15) is 4.39 Å². The van der Waals surface area contributed by atoms with Crippen molar-refractivity contribution in [3.8, 4) is 5.75 Å². The Morgan fingerprint density at radius 3 is 2.55 bits per heavy atom. The van der Waals surface area contributed by atoms with Crippen LogP contribution in [0.2, 0.25) is 0 Å².